The summed E-state index contributed by atoms with van der Waals surface area (Å²) in [5, 5.41) is 3.74. The monoisotopic (exact) mass is 156 g/mol. The first-order chi connectivity index (χ1) is 5.18. The summed E-state index contributed by atoms with van der Waals surface area (Å²) in [6.07, 6.45) is 2.97. The number of rotatable bonds is 2. The third kappa shape index (κ3) is 2.78. The molecule has 0 N–H and O–H groups in total. The highest BCUT2D eigenvalue weighted by Crippen LogP contribution is 2.21. The van der Waals surface area contributed by atoms with Crippen LogP contribution in [0, 0.1) is 0 Å². The third-order valence-electron chi connectivity index (χ3n) is 1.68. The molecule has 0 aliphatic heterocycles. The van der Waals surface area contributed by atoms with Crippen LogP contribution in [-0.2, 0) is 4.74 Å². The molecule has 63 valence electrons. The van der Waals surface area contributed by atoms with Crippen molar-refractivity contribution in [3.05, 3.63) is 0 Å². The van der Waals surface area contributed by atoms with Crippen LogP contribution in [0.4, 0.5) is 4.79 Å². The molecule has 1 rings (SSSR count). The van der Waals surface area contributed by atoms with Gasteiger partial charge in [0.15, 0.2) is 0 Å². The number of ether oxygens (including phenoxy) is 1. The van der Waals surface area contributed by atoms with E-state index < -0.39 is 6.09 Å². The maximum Gasteiger partial charge on any atom is 0.429 e. The van der Waals surface area contributed by atoms with Gasteiger partial charge in [-0.25, -0.2) is 10.1 Å². The fourth-order valence-electron chi connectivity index (χ4n) is 0.872. The van der Waals surface area contributed by atoms with E-state index in [1.165, 1.54) is 6.42 Å². The maximum atomic E-state index is 10.9. The fraction of sp³-hybridized carbons (Fsp3) is 0.875. The Morgan fingerprint density at radius 1 is 1.55 bits per heavy atom. The van der Waals surface area contributed by atoms with E-state index in [9.17, 15) is 4.79 Å². The Hall–Kier alpha value is -0.730. The molecule has 0 aromatic rings. The number of nitrogens with zero attached hydrogens (tertiary/aromatic N) is 1. The minimum absolute atomic E-state index is 0.0441. The van der Waals surface area contributed by atoms with Crippen LogP contribution in [0.3, 0.4) is 0 Å². The van der Waals surface area contributed by atoms with Crippen LogP contribution in [0.2, 0.25) is 0 Å². The number of hydrogen-bond donors (Lipinski definition) is 0. The second-order valence-corrected chi connectivity index (χ2v) is 3.16. The highest BCUT2D eigenvalue weighted by atomic mass is 16.6. The van der Waals surface area contributed by atoms with Gasteiger partial charge < -0.3 is 4.74 Å². The van der Waals surface area contributed by atoms with Crippen LogP contribution in [0.15, 0.2) is 0 Å². The van der Waals surface area contributed by atoms with E-state index >= 15 is 0 Å². The molecule has 0 spiro atoms. The molecule has 1 aliphatic carbocycles. The second-order valence-electron chi connectivity index (χ2n) is 3.16. The summed E-state index contributed by atoms with van der Waals surface area (Å²) < 4.78 is 4.99. The highest BCUT2D eigenvalue weighted by molar-refractivity contribution is 5.67. The van der Waals surface area contributed by atoms with Crippen molar-refractivity contribution in [1.82, 2.24) is 5.32 Å². The largest absolute Gasteiger partial charge is 0.445 e. The van der Waals surface area contributed by atoms with E-state index in [-0.39, 0.29) is 12.1 Å². The van der Waals surface area contributed by atoms with E-state index in [4.69, 9.17) is 4.74 Å². The molecule has 3 nitrogen and oxygen atoms in total. The standard InChI is InChI=1S/C8H14NO2/c1-6(2)9-8(10)11-7-4-3-5-7/h6-7H,3-5H2,1-2H3. The zero-order chi connectivity index (χ0) is 8.27. The smallest absolute Gasteiger partial charge is 0.429 e. The van der Waals surface area contributed by atoms with Crippen molar-refractivity contribution in [2.75, 3.05) is 0 Å². The van der Waals surface area contributed by atoms with Gasteiger partial charge in [-0.15, -0.1) is 0 Å². The molecule has 1 amide bonds. The Kier molecular flexibility index (Phi) is 2.74. The van der Waals surface area contributed by atoms with Crippen LogP contribution < -0.4 is 5.32 Å². The zero-order valence-electron chi connectivity index (χ0n) is 7.04. The van der Waals surface area contributed by atoms with Crippen LogP contribution in [0.1, 0.15) is 33.1 Å². The third-order valence-corrected chi connectivity index (χ3v) is 1.68. The summed E-state index contributed by atoms with van der Waals surface area (Å²) in [5.74, 6) is 0. The van der Waals surface area contributed by atoms with Crippen molar-refractivity contribution in [3.8, 4) is 0 Å². The van der Waals surface area contributed by atoms with Crippen molar-refractivity contribution >= 4 is 6.09 Å². The molecule has 0 atom stereocenters. The Morgan fingerprint density at radius 3 is 2.55 bits per heavy atom. The highest BCUT2D eigenvalue weighted by Gasteiger charge is 2.22. The molecule has 1 saturated carbocycles. The molecular weight excluding hydrogens is 142 g/mol. The van der Waals surface area contributed by atoms with Crippen LogP contribution in [0.5, 0.6) is 0 Å². The van der Waals surface area contributed by atoms with Gasteiger partial charge in [0, 0.05) is 0 Å². The SMILES string of the molecule is CC(C)[N]C(=O)OC1CCC1. The molecule has 1 aliphatic rings. The lowest BCUT2D eigenvalue weighted by molar-refractivity contribution is 0.0504. The molecule has 0 aromatic carbocycles. The fourth-order valence-corrected chi connectivity index (χ4v) is 0.872. The quantitative estimate of drug-likeness (QED) is 0.610. The molecule has 11 heavy (non-hydrogen) atoms. The lowest BCUT2D eigenvalue weighted by atomic mass is 9.96. The molecular formula is C8H14NO2. The zero-order valence-corrected chi connectivity index (χ0v) is 7.04. The van der Waals surface area contributed by atoms with Crippen LogP contribution >= 0.6 is 0 Å². The molecule has 1 fully saturated rings. The number of carbonyl (C=O) groups is 1. The first kappa shape index (κ1) is 8.37. The summed E-state index contributed by atoms with van der Waals surface area (Å²) >= 11 is 0. The average molecular weight is 156 g/mol. The number of carbonyl (C=O) groups excluding carboxylic acids is 1. The van der Waals surface area contributed by atoms with Crippen molar-refractivity contribution in [2.45, 2.75) is 45.3 Å². The molecule has 1 radical (unpaired) electrons. The predicted molar refractivity (Wildman–Crippen MR) is 41.4 cm³/mol. The summed E-state index contributed by atoms with van der Waals surface area (Å²) in [7, 11) is 0. The lowest BCUT2D eigenvalue weighted by Crippen LogP contribution is -2.31. The summed E-state index contributed by atoms with van der Waals surface area (Å²) in [6, 6.07) is 0.0441. The van der Waals surface area contributed by atoms with Crippen molar-refractivity contribution in [2.24, 2.45) is 0 Å². The summed E-state index contributed by atoms with van der Waals surface area (Å²) in [4.78, 5) is 10.9. The van der Waals surface area contributed by atoms with E-state index in [1.54, 1.807) is 0 Å². The van der Waals surface area contributed by atoms with Crippen LogP contribution in [-0.4, -0.2) is 18.2 Å². The van der Waals surface area contributed by atoms with Crippen molar-refractivity contribution < 1.29 is 9.53 Å². The van der Waals surface area contributed by atoms with Gasteiger partial charge in [0.25, 0.3) is 0 Å². The minimum Gasteiger partial charge on any atom is -0.445 e. The molecule has 0 bridgehead atoms. The Balaban J connectivity index is 2.09. The van der Waals surface area contributed by atoms with Gasteiger partial charge in [-0.3, -0.25) is 0 Å². The van der Waals surface area contributed by atoms with Gasteiger partial charge in [-0.2, -0.15) is 0 Å². The van der Waals surface area contributed by atoms with Gasteiger partial charge >= 0.3 is 6.09 Å². The molecule has 0 aromatic heterocycles. The first-order valence-corrected chi connectivity index (χ1v) is 4.10. The Morgan fingerprint density at radius 2 is 2.18 bits per heavy atom. The predicted octanol–water partition coefficient (Wildman–Crippen LogP) is 1.69. The number of hydrogen-bond acceptors (Lipinski definition) is 2. The van der Waals surface area contributed by atoms with E-state index in [0.717, 1.165) is 12.8 Å². The molecule has 0 unspecified atom stereocenters. The van der Waals surface area contributed by atoms with Gasteiger partial charge in [-0.05, 0) is 33.1 Å². The second kappa shape index (κ2) is 3.60. The van der Waals surface area contributed by atoms with Gasteiger partial charge in [0.05, 0.1) is 6.04 Å². The van der Waals surface area contributed by atoms with Crippen molar-refractivity contribution in [1.29, 1.82) is 0 Å². The summed E-state index contributed by atoms with van der Waals surface area (Å²) in [5.41, 5.74) is 0. The van der Waals surface area contributed by atoms with E-state index in [1.807, 2.05) is 13.8 Å². The maximum absolute atomic E-state index is 10.9. The van der Waals surface area contributed by atoms with E-state index in [0.29, 0.717) is 0 Å². The lowest BCUT2D eigenvalue weighted by Gasteiger charge is -2.24. The number of amides is 1. The normalized spacial score (nSPS) is 17.7. The Labute approximate surface area is 67.1 Å². The van der Waals surface area contributed by atoms with Gasteiger partial charge in [-0.1, -0.05) is 0 Å². The molecule has 3 heteroatoms. The van der Waals surface area contributed by atoms with Crippen molar-refractivity contribution in [3.63, 3.8) is 0 Å². The Bertz CT molecular complexity index is 141. The van der Waals surface area contributed by atoms with Gasteiger partial charge in [0.2, 0.25) is 0 Å². The molecule has 0 saturated heterocycles. The summed E-state index contributed by atoms with van der Waals surface area (Å²) in [6.45, 7) is 3.73. The van der Waals surface area contributed by atoms with Gasteiger partial charge in [0.1, 0.15) is 6.10 Å². The average Bonchev–Trinajstić information content (AvgIpc) is 1.77. The van der Waals surface area contributed by atoms with E-state index in [2.05, 4.69) is 5.32 Å². The topological polar surface area (TPSA) is 40.4 Å². The van der Waals surface area contributed by atoms with Crippen LogP contribution in [0.25, 0.3) is 0 Å². The minimum atomic E-state index is -0.398. The molecule has 0 heterocycles. The first-order valence-electron chi connectivity index (χ1n) is 4.10.